The van der Waals surface area contributed by atoms with Gasteiger partial charge in [0.25, 0.3) is 17.7 Å². The maximum atomic E-state index is 12.8. The summed E-state index contributed by atoms with van der Waals surface area (Å²) in [6.45, 7) is 2.41. The lowest BCUT2D eigenvalue weighted by molar-refractivity contribution is -0.135. The predicted molar refractivity (Wildman–Crippen MR) is 247 cm³/mol. The molecule has 14 nitrogen and oxygen atoms in total. The molecule has 0 saturated carbocycles. The topological polar surface area (TPSA) is 151 Å². The summed E-state index contributed by atoms with van der Waals surface area (Å²) in [7, 11) is 0. The highest BCUT2D eigenvalue weighted by atomic mass is 127. The summed E-state index contributed by atoms with van der Waals surface area (Å²) in [6, 6.07) is 31.9. The summed E-state index contributed by atoms with van der Waals surface area (Å²) in [5.74, 6) is 0.400. The second-order valence-corrected chi connectivity index (χ2v) is 17.3. The lowest BCUT2D eigenvalue weighted by Gasteiger charge is -2.36. The Morgan fingerprint density at radius 3 is 1.38 bits per heavy atom. The number of hydrogen-bond acceptors (Lipinski definition) is 8. The molecule has 4 aliphatic rings. The largest absolute Gasteiger partial charge is 0.508 e. The standard InChI is InChI=1S/C22H22IN3O4.C16H18ClN3O3.C6H5IO/c23-16-6-8-19(9-7-16)30-15-21(28)24-12-10-17(11-13-24)25-14-20(27)26(22(25)29)18-4-2-1-3-5-18;17-10-14(21)18-8-6-12(7-9-18)19-11-15(22)20(16(19)23)13-4-2-1-3-5-13;7-5-1-3-6(8)4-2-5/h1-9,17H,10-15H2;1-5,12H,6-11H2;1-4,8H. The first-order valence-electron chi connectivity index (χ1n) is 19.7. The van der Waals surface area contributed by atoms with Crippen molar-refractivity contribution in [3.05, 3.63) is 116 Å². The van der Waals surface area contributed by atoms with E-state index in [4.69, 9.17) is 21.4 Å². The van der Waals surface area contributed by atoms with Crippen LogP contribution in [0.15, 0.2) is 109 Å². The minimum absolute atomic E-state index is 0.00578. The highest BCUT2D eigenvalue weighted by Crippen LogP contribution is 2.28. The molecular formula is C44H45ClI2N6O8. The highest BCUT2D eigenvalue weighted by Gasteiger charge is 2.43. The molecular weight excluding hydrogens is 1030 g/mol. The zero-order chi connectivity index (χ0) is 43.5. The SMILES string of the molecule is O=C(CCl)N1CCC(N2CC(=O)N(c3ccccc3)C2=O)CC1.O=C(COc1ccc(I)cc1)N1CCC(N2CC(=O)N(c3ccccc3)C2=O)CC1.Oc1ccc(I)cc1. The number of halogens is 3. The van der Waals surface area contributed by atoms with Crippen molar-refractivity contribution < 1.29 is 38.6 Å². The number of nitrogens with zero attached hydrogens (tertiary/aromatic N) is 6. The van der Waals surface area contributed by atoms with Crippen molar-refractivity contribution >= 4 is 104 Å². The third-order valence-electron chi connectivity index (χ3n) is 10.6. The minimum atomic E-state index is -0.280. The number of piperidine rings is 2. The molecule has 0 atom stereocenters. The molecule has 4 saturated heterocycles. The van der Waals surface area contributed by atoms with Crippen molar-refractivity contribution in [1.29, 1.82) is 0 Å². The Bertz CT molecular complexity index is 2130. The lowest BCUT2D eigenvalue weighted by atomic mass is 10.0. The number of benzene rings is 4. The number of carbonyl (C=O) groups is 6. The number of aromatic hydroxyl groups is 1. The molecule has 4 aliphatic heterocycles. The van der Waals surface area contributed by atoms with E-state index in [1.807, 2.05) is 48.5 Å². The number of likely N-dealkylation sites (tertiary alicyclic amines) is 2. The Hall–Kier alpha value is -4.95. The average Bonchev–Trinajstić information content (AvgIpc) is 3.77. The molecule has 17 heteroatoms. The van der Waals surface area contributed by atoms with Gasteiger partial charge >= 0.3 is 12.1 Å². The summed E-state index contributed by atoms with van der Waals surface area (Å²) in [5.41, 5.74) is 1.19. The van der Waals surface area contributed by atoms with Crippen LogP contribution in [0.1, 0.15) is 25.7 Å². The van der Waals surface area contributed by atoms with Crippen molar-refractivity contribution in [2.75, 3.05) is 61.6 Å². The number of alkyl halides is 1. The molecule has 0 bridgehead atoms. The molecule has 0 spiro atoms. The molecule has 61 heavy (non-hydrogen) atoms. The van der Waals surface area contributed by atoms with E-state index in [0.717, 1.165) is 7.14 Å². The lowest BCUT2D eigenvalue weighted by Crippen LogP contribution is -2.49. The predicted octanol–water partition coefficient (Wildman–Crippen LogP) is 6.81. The molecule has 0 radical (unpaired) electrons. The average molecular weight is 1080 g/mol. The second-order valence-electron chi connectivity index (χ2n) is 14.5. The van der Waals surface area contributed by atoms with Gasteiger partial charge in [-0.15, -0.1) is 11.6 Å². The molecule has 0 aliphatic carbocycles. The van der Waals surface area contributed by atoms with Crippen molar-refractivity contribution in [1.82, 2.24) is 19.6 Å². The fourth-order valence-corrected chi connectivity index (χ4v) is 8.31. The molecule has 4 fully saturated rings. The Labute approximate surface area is 386 Å². The van der Waals surface area contributed by atoms with Crippen LogP contribution < -0.4 is 14.5 Å². The third kappa shape index (κ3) is 11.9. The quantitative estimate of drug-likeness (QED) is 0.115. The number of ether oxygens (including phenoxy) is 1. The van der Waals surface area contributed by atoms with Gasteiger partial charge in [-0.1, -0.05) is 36.4 Å². The van der Waals surface area contributed by atoms with Crippen LogP contribution in [-0.4, -0.2) is 124 Å². The summed E-state index contributed by atoms with van der Waals surface area (Å²) < 4.78 is 7.83. The van der Waals surface area contributed by atoms with E-state index in [9.17, 15) is 28.8 Å². The molecule has 8 rings (SSSR count). The van der Waals surface area contributed by atoms with Gasteiger partial charge in [0, 0.05) is 45.4 Å². The Morgan fingerprint density at radius 1 is 0.590 bits per heavy atom. The van der Waals surface area contributed by atoms with Gasteiger partial charge in [-0.2, -0.15) is 0 Å². The number of urea groups is 2. The van der Waals surface area contributed by atoms with E-state index in [2.05, 4.69) is 45.2 Å². The van der Waals surface area contributed by atoms with Crippen molar-refractivity contribution in [2.45, 2.75) is 37.8 Å². The van der Waals surface area contributed by atoms with Crippen molar-refractivity contribution in [2.24, 2.45) is 0 Å². The van der Waals surface area contributed by atoms with Crippen molar-refractivity contribution in [3.8, 4) is 11.5 Å². The monoisotopic (exact) mass is 1070 g/mol. The van der Waals surface area contributed by atoms with Gasteiger partial charge in [0.15, 0.2) is 6.61 Å². The van der Waals surface area contributed by atoms with Crippen LogP contribution >= 0.6 is 56.8 Å². The maximum Gasteiger partial charge on any atom is 0.332 e. The van der Waals surface area contributed by atoms with Gasteiger partial charge in [-0.25, -0.2) is 19.4 Å². The van der Waals surface area contributed by atoms with Crippen LogP contribution in [-0.2, 0) is 19.2 Å². The second kappa shape index (κ2) is 21.7. The molecule has 4 heterocycles. The van der Waals surface area contributed by atoms with Gasteiger partial charge in [-0.05, 0) is 144 Å². The summed E-state index contributed by atoms with van der Waals surface area (Å²) in [4.78, 5) is 83.4. The fraction of sp³-hybridized carbons (Fsp3) is 0.318. The Morgan fingerprint density at radius 2 is 0.984 bits per heavy atom. The smallest absolute Gasteiger partial charge is 0.332 e. The third-order valence-corrected chi connectivity index (χ3v) is 12.3. The van der Waals surface area contributed by atoms with Crippen LogP contribution in [0.2, 0.25) is 0 Å². The van der Waals surface area contributed by atoms with E-state index >= 15 is 0 Å². The van der Waals surface area contributed by atoms with E-state index < -0.39 is 0 Å². The maximum absolute atomic E-state index is 12.8. The van der Waals surface area contributed by atoms with Crippen LogP contribution in [0.3, 0.4) is 0 Å². The molecule has 8 amide bonds. The molecule has 4 aromatic rings. The number of amides is 8. The molecule has 0 aromatic heterocycles. The van der Waals surface area contributed by atoms with E-state index in [-0.39, 0.29) is 73.4 Å². The number of phenolic OH excluding ortho intramolecular Hbond substituents is 1. The number of rotatable bonds is 8. The van der Waals surface area contributed by atoms with Crippen LogP contribution in [0.5, 0.6) is 11.5 Å². The van der Waals surface area contributed by atoms with Gasteiger partial charge in [-0.3, -0.25) is 19.2 Å². The van der Waals surface area contributed by atoms with Gasteiger partial charge in [0.2, 0.25) is 5.91 Å². The summed E-state index contributed by atoms with van der Waals surface area (Å²) >= 11 is 9.97. The van der Waals surface area contributed by atoms with Gasteiger partial charge in [0.05, 0.1) is 11.4 Å². The highest BCUT2D eigenvalue weighted by molar-refractivity contribution is 14.1. The number of para-hydroxylation sites is 2. The number of phenols is 1. The van der Waals surface area contributed by atoms with Crippen LogP contribution in [0.4, 0.5) is 21.0 Å². The van der Waals surface area contributed by atoms with E-state index in [1.165, 1.54) is 9.80 Å². The van der Waals surface area contributed by atoms with Crippen LogP contribution in [0, 0.1) is 7.14 Å². The number of carbonyl (C=O) groups excluding carboxylic acids is 6. The first-order valence-corrected chi connectivity index (χ1v) is 22.4. The first-order chi connectivity index (χ1) is 29.4. The van der Waals surface area contributed by atoms with Gasteiger partial charge < -0.3 is 29.4 Å². The number of hydrogen-bond donors (Lipinski definition) is 1. The van der Waals surface area contributed by atoms with E-state index in [0.29, 0.717) is 74.7 Å². The zero-order valence-electron chi connectivity index (χ0n) is 33.2. The molecule has 0 unspecified atom stereocenters. The summed E-state index contributed by atoms with van der Waals surface area (Å²) in [6.07, 6.45) is 2.64. The van der Waals surface area contributed by atoms with E-state index in [1.54, 1.807) is 80.3 Å². The zero-order valence-corrected chi connectivity index (χ0v) is 38.2. The van der Waals surface area contributed by atoms with Crippen molar-refractivity contribution in [3.63, 3.8) is 0 Å². The molecule has 1 N–H and O–H groups in total. The normalized spacial score (nSPS) is 17.2. The van der Waals surface area contributed by atoms with Crippen LogP contribution in [0.25, 0.3) is 0 Å². The Balaban J connectivity index is 0.000000177. The first kappa shape index (κ1) is 45.6. The summed E-state index contributed by atoms with van der Waals surface area (Å²) in [5, 5.41) is 8.75. The number of anilines is 2. The molecule has 320 valence electrons. The molecule has 4 aromatic carbocycles. The Kier molecular flexibility index (Phi) is 16.2. The fourth-order valence-electron chi connectivity index (χ4n) is 7.42. The van der Waals surface area contributed by atoms with Gasteiger partial charge in [0.1, 0.15) is 30.5 Å². The number of imide groups is 2. The minimum Gasteiger partial charge on any atom is -0.508 e.